The van der Waals surface area contributed by atoms with E-state index < -0.39 is 17.4 Å². The second-order valence-electron chi connectivity index (χ2n) is 3.06. The fourth-order valence-electron chi connectivity index (χ4n) is 0.347. The first kappa shape index (κ1) is 10.7. The van der Waals surface area contributed by atoms with E-state index in [0.717, 1.165) is 13.8 Å². The summed E-state index contributed by atoms with van der Waals surface area (Å²) in [4.78, 5) is 0. The maximum Gasteiger partial charge on any atom is 0.425 e. The van der Waals surface area contributed by atoms with Gasteiger partial charge in [0.2, 0.25) is 5.67 Å². The molecule has 0 aliphatic rings. The van der Waals surface area contributed by atoms with Crippen LogP contribution in [-0.2, 0) is 0 Å². The average Bonchev–Trinajstić information content (AvgIpc) is 1.58. The van der Waals surface area contributed by atoms with E-state index in [9.17, 15) is 17.6 Å². The topological polar surface area (TPSA) is 20.2 Å². The van der Waals surface area contributed by atoms with Crippen LogP contribution in [0.4, 0.5) is 17.6 Å². The second kappa shape index (κ2) is 2.33. The van der Waals surface area contributed by atoms with Crippen LogP contribution in [0.15, 0.2) is 0 Å². The van der Waals surface area contributed by atoms with Crippen molar-refractivity contribution in [3.63, 3.8) is 0 Å². The lowest BCUT2D eigenvalue weighted by atomic mass is 9.89. The first-order valence-corrected chi connectivity index (χ1v) is 2.98. The molecule has 0 aromatic rings. The number of rotatable bonds is 1. The van der Waals surface area contributed by atoms with E-state index in [4.69, 9.17) is 5.11 Å². The van der Waals surface area contributed by atoms with Crippen molar-refractivity contribution in [1.29, 1.82) is 0 Å². The zero-order valence-electron chi connectivity index (χ0n) is 6.46. The van der Waals surface area contributed by atoms with Gasteiger partial charge in [-0.2, -0.15) is 13.2 Å². The first-order chi connectivity index (χ1) is 4.50. The molecule has 1 unspecified atom stereocenters. The standard InChI is InChI=1S/C6H10F4O/c1-4(2,11)5(3,7)6(8,9)10/h11H,1-3H3. The Morgan fingerprint density at radius 3 is 1.18 bits per heavy atom. The summed E-state index contributed by atoms with van der Waals surface area (Å²) in [5.41, 5.74) is -5.98. The third-order valence-corrected chi connectivity index (χ3v) is 1.68. The minimum Gasteiger partial charge on any atom is -0.387 e. The van der Waals surface area contributed by atoms with E-state index in [-0.39, 0.29) is 0 Å². The highest BCUT2D eigenvalue weighted by Gasteiger charge is 2.60. The fourth-order valence-corrected chi connectivity index (χ4v) is 0.347. The predicted molar refractivity (Wildman–Crippen MR) is 31.9 cm³/mol. The van der Waals surface area contributed by atoms with Crippen molar-refractivity contribution in [2.24, 2.45) is 0 Å². The van der Waals surface area contributed by atoms with Gasteiger partial charge in [-0.25, -0.2) is 4.39 Å². The molecule has 0 aliphatic carbocycles. The summed E-state index contributed by atoms with van der Waals surface area (Å²) in [7, 11) is 0. The maximum absolute atomic E-state index is 12.7. The highest BCUT2D eigenvalue weighted by atomic mass is 19.4. The molecule has 0 radical (unpaired) electrons. The van der Waals surface area contributed by atoms with E-state index in [1.165, 1.54) is 0 Å². The van der Waals surface area contributed by atoms with Crippen molar-refractivity contribution in [2.75, 3.05) is 0 Å². The van der Waals surface area contributed by atoms with Crippen molar-refractivity contribution in [3.05, 3.63) is 0 Å². The molecular formula is C6H10F4O. The van der Waals surface area contributed by atoms with Gasteiger partial charge in [-0.3, -0.25) is 0 Å². The summed E-state index contributed by atoms with van der Waals surface area (Å²) in [5.74, 6) is 0. The normalized spacial score (nSPS) is 19.6. The molecule has 1 atom stereocenters. The molecule has 0 amide bonds. The lowest BCUT2D eigenvalue weighted by Crippen LogP contribution is -2.54. The number of aliphatic hydroxyl groups is 1. The van der Waals surface area contributed by atoms with Gasteiger partial charge in [0, 0.05) is 0 Å². The lowest BCUT2D eigenvalue weighted by Gasteiger charge is -2.34. The molecule has 68 valence electrons. The number of hydrogen-bond acceptors (Lipinski definition) is 1. The Kier molecular flexibility index (Phi) is 2.27. The summed E-state index contributed by atoms with van der Waals surface area (Å²) >= 11 is 0. The van der Waals surface area contributed by atoms with Gasteiger partial charge in [-0.05, 0) is 20.8 Å². The molecule has 0 heterocycles. The summed E-state index contributed by atoms with van der Waals surface area (Å²) in [6, 6.07) is 0. The van der Waals surface area contributed by atoms with Gasteiger partial charge in [-0.1, -0.05) is 0 Å². The van der Waals surface area contributed by atoms with Gasteiger partial charge in [0.15, 0.2) is 0 Å². The lowest BCUT2D eigenvalue weighted by molar-refractivity contribution is -0.273. The number of halogens is 4. The van der Waals surface area contributed by atoms with Gasteiger partial charge < -0.3 is 5.11 Å². The third-order valence-electron chi connectivity index (χ3n) is 1.68. The molecule has 0 spiro atoms. The van der Waals surface area contributed by atoms with E-state index >= 15 is 0 Å². The minimum absolute atomic E-state index is 0.312. The molecular weight excluding hydrogens is 164 g/mol. The quantitative estimate of drug-likeness (QED) is 0.603. The van der Waals surface area contributed by atoms with Gasteiger partial charge >= 0.3 is 6.18 Å². The molecule has 0 aliphatic heterocycles. The van der Waals surface area contributed by atoms with E-state index in [2.05, 4.69) is 0 Å². The molecule has 0 fully saturated rings. The molecule has 0 rings (SSSR count). The minimum atomic E-state index is -5.04. The summed E-state index contributed by atoms with van der Waals surface area (Å²) < 4.78 is 48.1. The monoisotopic (exact) mass is 174 g/mol. The number of hydrogen-bond donors (Lipinski definition) is 1. The Balaban J connectivity index is 4.75. The molecule has 0 saturated heterocycles. The van der Waals surface area contributed by atoms with Crippen molar-refractivity contribution in [2.45, 2.75) is 38.2 Å². The molecule has 0 saturated carbocycles. The Bertz CT molecular complexity index is 126. The Labute approximate surface area is 62.0 Å². The van der Waals surface area contributed by atoms with E-state index in [1.807, 2.05) is 0 Å². The molecule has 11 heavy (non-hydrogen) atoms. The second-order valence-corrected chi connectivity index (χ2v) is 3.06. The third kappa shape index (κ3) is 1.83. The van der Waals surface area contributed by atoms with Crippen LogP contribution in [0.25, 0.3) is 0 Å². The zero-order valence-corrected chi connectivity index (χ0v) is 6.46. The molecule has 0 bridgehead atoms. The molecule has 5 heteroatoms. The van der Waals surface area contributed by atoms with Crippen LogP contribution in [0.1, 0.15) is 20.8 Å². The highest BCUT2D eigenvalue weighted by molar-refractivity contribution is 4.96. The molecule has 1 N–H and O–H groups in total. The van der Waals surface area contributed by atoms with Crippen molar-refractivity contribution < 1.29 is 22.7 Å². The Hall–Kier alpha value is -0.320. The average molecular weight is 174 g/mol. The highest BCUT2D eigenvalue weighted by Crippen LogP contribution is 2.41. The van der Waals surface area contributed by atoms with E-state index in [1.54, 1.807) is 0 Å². The van der Waals surface area contributed by atoms with Crippen LogP contribution in [0.3, 0.4) is 0 Å². The largest absolute Gasteiger partial charge is 0.425 e. The molecule has 0 aromatic heterocycles. The maximum atomic E-state index is 12.7. The van der Waals surface area contributed by atoms with Crippen LogP contribution in [0, 0.1) is 0 Å². The first-order valence-electron chi connectivity index (χ1n) is 2.98. The van der Waals surface area contributed by atoms with Crippen LogP contribution in [0.2, 0.25) is 0 Å². The van der Waals surface area contributed by atoms with Crippen molar-refractivity contribution in [3.8, 4) is 0 Å². The van der Waals surface area contributed by atoms with Gasteiger partial charge in [-0.15, -0.1) is 0 Å². The van der Waals surface area contributed by atoms with Crippen LogP contribution in [0.5, 0.6) is 0 Å². The van der Waals surface area contributed by atoms with Crippen molar-refractivity contribution in [1.82, 2.24) is 0 Å². The van der Waals surface area contributed by atoms with Crippen LogP contribution in [-0.4, -0.2) is 22.6 Å². The summed E-state index contributed by atoms with van der Waals surface area (Å²) in [5, 5.41) is 8.79. The van der Waals surface area contributed by atoms with Gasteiger partial charge in [0.05, 0.1) is 0 Å². The van der Waals surface area contributed by atoms with Crippen LogP contribution >= 0.6 is 0 Å². The summed E-state index contributed by atoms with van der Waals surface area (Å²) in [6.45, 7) is 1.87. The van der Waals surface area contributed by atoms with Crippen LogP contribution < -0.4 is 0 Å². The smallest absolute Gasteiger partial charge is 0.387 e. The van der Waals surface area contributed by atoms with Gasteiger partial charge in [0.1, 0.15) is 5.60 Å². The Morgan fingerprint density at radius 1 is 0.909 bits per heavy atom. The van der Waals surface area contributed by atoms with Crippen molar-refractivity contribution >= 4 is 0 Å². The fraction of sp³-hybridized carbons (Fsp3) is 1.00. The van der Waals surface area contributed by atoms with Gasteiger partial charge in [0.25, 0.3) is 0 Å². The zero-order chi connectivity index (χ0) is 9.50. The SMILES string of the molecule is CC(C)(O)C(C)(F)C(F)(F)F. The predicted octanol–water partition coefficient (Wildman–Crippen LogP) is 2.05. The molecule has 1 nitrogen and oxygen atoms in total. The summed E-state index contributed by atoms with van der Waals surface area (Å²) in [6.07, 6.45) is -5.04. The molecule has 0 aromatic carbocycles. The number of alkyl halides is 4. The Morgan fingerprint density at radius 2 is 1.18 bits per heavy atom. The van der Waals surface area contributed by atoms with E-state index in [0.29, 0.717) is 6.92 Å².